The molecule has 0 amide bonds. The molecular weight excluding hydrogens is 209 g/mol. The van der Waals surface area contributed by atoms with E-state index >= 15 is 0 Å². The van der Waals surface area contributed by atoms with Gasteiger partial charge in [-0.05, 0) is 0 Å². The van der Waals surface area contributed by atoms with Crippen molar-refractivity contribution < 1.29 is 18.9 Å². The summed E-state index contributed by atoms with van der Waals surface area (Å²) in [5.41, 5.74) is 6.26. The molecule has 0 spiro atoms. The van der Waals surface area contributed by atoms with E-state index in [-0.39, 0.29) is 6.61 Å². The standard InChI is InChI=1S/C6H12N3O4P/c7-5(3-13-14(10,11)12)1-6-2-8-4-9-6/h2,4-5H,1,3,7H2,(H,8,9)(H2,10,11,12)/p-2/t5-/m0/s1. The van der Waals surface area contributed by atoms with Crippen LogP contribution in [0.2, 0.25) is 0 Å². The van der Waals surface area contributed by atoms with E-state index in [9.17, 15) is 14.4 Å². The van der Waals surface area contributed by atoms with Crippen LogP contribution in [0.4, 0.5) is 0 Å². The first-order valence-corrected chi connectivity index (χ1v) is 5.33. The summed E-state index contributed by atoms with van der Waals surface area (Å²) >= 11 is 0. The number of phosphoric acid groups is 1. The van der Waals surface area contributed by atoms with Gasteiger partial charge in [0.05, 0.1) is 20.8 Å². The summed E-state index contributed by atoms with van der Waals surface area (Å²) in [7, 11) is -4.92. The zero-order chi connectivity index (χ0) is 10.6. The number of nitrogens with one attached hydrogen (secondary N) is 1. The molecule has 0 bridgehead atoms. The first kappa shape index (κ1) is 11.4. The van der Waals surface area contributed by atoms with Crippen LogP contribution in [0.15, 0.2) is 12.5 Å². The number of aromatic nitrogens is 2. The van der Waals surface area contributed by atoms with Crippen molar-refractivity contribution in [1.29, 1.82) is 0 Å². The molecule has 14 heavy (non-hydrogen) atoms. The molecule has 0 aliphatic carbocycles. The number of hydrogen-bond donors (Lipinski definition) is 2. The molecule has 7 nitrogen and oxygen atoms in total. The highest BCUT2D eigenvalue weighted by Gasteiger charge is 2.05. The minimum Gasteiger partial charge on any atom is -0.790 e. The van der Waals surface area contributed by atoms with E-state index in [1.807, 2.05) is 0 Å². The molecule has 0 unspecified atom stereocenters. The highest BCUT2D eigenvalue weighted by Crippen LogP contribution is 2.24. The van der Waals surface area contributed by atoms with Crippen molar-refractivity contribution in [3.63, 3.8) is 0 Å². The van der Waals surface area contributed by atoms with E-state index in [1.54, 1.807) is 6.20 Å². The van der Waals surface area contributed by atoms with Crippen LogP contribution in [0.5, 0.6) is 0 Å². The van der Waals surface area contributed by atoms with Gasteiger partial charge in [0.1, 0.15) is 0 Å². The van der Waals surface area contributed by atoms with Crippen molar-refractivity contribution in [1.82, 2.24) is 9.97 Å². The predicted molar refractivity (Wildman–Crippen MR) is 43.8 cm³/mol. The molecule has 8 heteroatoms. The topological polar surface area (TPSA) is 127 Å². The van der Waals surface area contributed by atoms with Gasteiger partial charge in [0.25, 0.3) is 0 Å². The first-order valence-electron chi connectivity index (χ1n) is 3.87. The lowest BCUT2D eigenvalue weighted by Crippen LogP contribution is -2.30. The molecule has 1 rings (SSSR count). The average Bonchev–Trinajstić information content (AvgIpc) is 2.52. The average molecular weight is 219 g/mol. The van der Waals surface area contributed by atoms with E-state index in [0.29, 0.717) is 6.42 Å². The van der Waals surface area contributed by atoms with Crippen LogP contribution in [0.1, 0.15) is 5.69 Å². The molecule has 0 saturated heterocycles. The SMILES string of the molecule is N[C@H](COP(=O)([O-])[O-])Cc1cnc[nH]1. The molecule has 3 N–H and O–H groups in total. The zero-order valence-corrected chi connectivity index (χ0v) is 8.15. The monoisotopic (exact) mass is 219 g/mol. The van der Waals surface area contributed by atoms with Crippen LogP contribution in [0.3, 0.4) is 0 Å². The highest BCUT2D eigenvalue weighted by molar-refractivity contribution is 7.43. The van der Waals surface area contributed by atoms with Crippen LogP contribution in [-0.4, -0.2) is 22.6 Å². The zero-order valence-electron chi connectivity index (χ0n) is 7.25. The highest BCUT2D eigenvalue weighted by atomic mass is 31.2. The molecule has 1 heterocycles. The number of nitrogens with two attached hydrogens (primary N) is 1. The molecule has 80 valence electrons. The fraction of sp³-hybridized carbons (Fsp3) is 0.500. The third kappa shape index (κ3) is 4.50. The van der Waals surface area contributed by atoms with Gasteiger partial charge in [-0.15, -0.1) is 0 Å². The lowest BCUT2D eigenvalue weighted by molar-refractivity contribution is -0.341. The van der Waals surface area contributed by atoms with Crippen LogP contribution in [-0.2, 0) is 15.5 Å². The van der Waals surface area contributed by atoms with Gasteiger partial charge in [0, 0.05) is 24.4 Å². The Hall–Kier alpha value is -0.720. The molecule has 0 radical (unpaired) electrons. The Morgan fingerprint density at radius 2 is 2.43 bits per heavy atom. The molecule has 0 aliphatic heterocycles. The largest absolute Gasteiger partial charge is 0.790 e. The second kappa shape index (κ2) is 4.68. The number of rotatable bonds is 5. The Morgan fingerprint density at radius 3 is 2.93 bits per heavy atom. The van der Waals surface area contributed by atoms with Crippen molar-refractivity contribution in [2.45, 2.75) is 12.5 Å². The maximum Gasteiger partial charge on any atom is 0.0921 e. The summed E-state index contributed by atoms with van der Waals surface area (Å²) in [6.45, 7) is -0.316. The van der Waals surface area contributed by atoms with E-state index < -0.39 is 13.9 Å². The number of H-pyrrole nitrogens is 1. The molecule has 0 saturated carbocycles. The van der Waals surface area contributed by atoms with Crippen LogP contribution in [0.25, 0.3) is 0 Å². The quantitative estimate of drug-likeness (QED) is 0.558. The third-order valence-electron chi connectivity index (χ3n) is 1.48. The first-order chi connectivity index (χ1) is 6.47. The molecule has 0 aliphatic rings. The van der Waals surface area contributed by atoms with Crippen molar-refractivity contribution >= 4 is 7.82 Å². The van der Waals surface area contributed by atoms with Gasteiger partial charge < -0.3 is 29.6 Å². The lowest BCUT2D eigenvalue weighted by atomic mass is 10.2. The maximum absolute atomic E-state index is 10.1. The van der Waals surface area contributed by atoms with Crippen LogP contribution < -0.4 is 15.5 Å². The summed E-state index contributed by atoms with van der Waals surface area (Å²) in [4.78, 5) is 26.8. The molecular formula is C6H10N3O4P-2. The van der Waals surface area contributed by atoms with Crippen molar-refractivity contribution in [3.05, 3.63) is 18.2 Å². The number of nitrogens with zero attached hydrogens (tertiary/aromatic N) is 1. The van der Waals surface area contributed by atoms with Gasteiger partial charge >= 0.3 is 0 Å². The maximum atomic E-state index is 10.1. The van der Waals surface area contributed by atoms with E-state index in [2.05, 4.69) is 14.5 Å². The smallest absolute Gasteiger partial charge is 0.0921 e. The molecule has 1 atom stereocenters. The van der Waals surface area contributed by atoms with Gasteiger partial charge in [-0.25, -0.2) is 4.98 Å². The van der Waals surface area contributed by atoms with Crippen LogP contribution >= 0.6 is 7.82 Å². The second-order valence-electron chi connectivity index (χ2n) is 2.78. The van der Waals surface area contributed by atoms with E-state index in [4.69, 9.17) is 5.73 Å². The lowest BCUT2D eigenvalue weighted by Gasteiger charge is -2.29. The Balaban J connectivity index is 2.30. The van der Waals surface area contributed by atoms with Gasteiger partial charge in [-0.3, -0.25) is 0 Å². The summed E-state index contributed by atoms with van der Waals surface area (Å²) in [5, 5.41) is 0. The number of imidazole rings is 1. The fourth-order valence-electron chi connectivity index (χ4n) is 0.925. The van der Waals surface area contributed by atoms with Crippen molar-refractivity contribution in [2.75, 3.05) is 6.61 Å². The minimum atomic E-state index is -4.92. The number of phosphoric ester groups is 1. The van der Waals surface area contributed by atoms with Crippen molar-refractivity contribution in [2.24, 2.45) is 5.73 Å². The van der Waals surface area contributed by atoms with Gasteiger partial charge in [-0.1, -0.05) is 0 Å². The normalized spacial score (nSPS) is 14.2. The summed E-state index contributed by atoms with van der Waals surface area (Å²) in [5.74, 6) is 0. The fourth-order valence-corrected chi connectivity index (χ4v) is 1.30. The number of hydrogen-bond acceptors (Lipinski definition) is 6. The van der Waals surface area contributed by atoms with Crippen LogP contribution in [0, 0.1) is 0 Å². The van der Waals surface area contributed by atoms with E-state index in [1.165, 1.54) is 6.33 Å². The number of aromatic amines is 1. The minimum absolute atomic E-state index is 0.316. The molecule has 1 aromatic heterocycles. The Morgan fingerprint density at radius 1 is 1.71 bits per heavy atom. The predicted octanol–water partition coefficient (Wildman–Crippen LogP) is -1.88. The third-order valence-corrected chi connectivity index (χ3v) is 1.95. The summed E-state index contributed by atoms with van der Waals surface area (Å²) in [6.07, 6.45) is 3.42. The molecule has 0 aromatic carbocycles. The Labute approximate surface area is 80.5 Å². The summed E-state index contributed by atoms with van der Waals surface area (Å²) < 4.78 is 14.1. The Bertz CT molecular complexity index is 309. The van der Waals surface area contributed by atoms with Gasteiger partial charge in [0.15, 0.2) is 0 Å². The molecule has 1 aromatic rings. The Kier molecular flexibility index (Phi) is 3.79. The molecule has 0 fully saturated rings. The van der Waals surface area contributed by atoms with Gasteiger partial charge in [0.2, 0.25) is 0 Å². The van der Waals surface area contributed by atoms with Gasteiger partial charge in [-0.2, -0.15) is 0 Å². The second-order valence-corrected chi connectivity index (χ2v) is 3.94. The summed E-state index contributed by atoms with van der Waals surface area (Å²) in [6, 6.07) is -0.549. The van der Waals surface area contributed by atoms with E-state index in [0.717, 1.165) is 5.69 Å². The van der Waals surface area contributed by atoms with Crippen molar-refractivity contribution in [3.8, 4) is 0 Å².